The van der Waals surface area contributed by atoms with E-state index in [0.717, 1.165) is 19.6 Å². The minimum absolute atomic E-state index is 0.713. The van der Waals surface area contributed by atoms with Gasteiger partial charge in [0, 0.05) is 25.4 Å². The maximum atomic E-state index is 3.57. The molecule has 0 amide bonds. The van der Waals surface area contributed by atoms with Crippen LogP contribution in [-0.4, -0.2) is 36.0 Å². The van der Waals surface area contributed by atoms with Crippen LogP contribution in [0.5, 0.6) is 0 Å². The Morgan fingerprint density at radius 1 is 1.15 bits per heavy atom. The average molecular weight is 292 g/mol. The molecule has 0 radical (unpaired) electrons. The highest BCUT2D eigenvalue weighted by Crippen LogP contribution is 2.16. The topological polar surface area (TPSA) is 15.3 Å². The van der Waals surface area contributed by atoms with E-state index in [1.807, 2.05) is 0 Å². The fourth-order valence-electron chi connectivity index (χ4n) is 2.58. The van der Waals surface area contributed by atoms with Gasteiger partial charge in [-0.1, -0.05) is 38.1 Å². The van der Waals surface area contributed by atoms with Crippen LogP contribution in [0, 0.1) is 5.92 Å². The molecule has 1 aromatic rings. The molecule has 1 fully saturated rings. The van der Waals surface area contributed by atoms with Crippen LogP contribution in [0.3, 0.4) is 0 Å². The Hall–Kier alpha value is -0.510. The van der Waals surface area contributed by atoms with Crippen LogP contribution in [0.15, 0.2) is 24.3 Å². The molecule has 0 spiro atoms. The van der Waals surface area contributed by atoms with Crippen LogP contribution in [-0.2, 0) is 13.1 Å². The molecule has 1 N–H and O–H groups in total. The van der Waals surface area contributed by atoms with Crippen molar-refractivity contribution in [2.45, 2.75) is 33.4 Å². The maximum Gasteiger partial charge on any atom is 0.0237 e. The highest BCUT2D eigenvalue weighted by Gasteiger charge is 2.11. The SMILES string of the molecule is CC(C)CNCc1ccccc1CN1CCCSCC1. The van der Waals surface area contributed by atoms with E-state index in [4.69, 9.17) is 0 Å². The molecule has 20 heavy (non-hydrogen) atoms. The monoisotopic (exact) mass is 292 g/mol. The third-order valence-corrected chi connectivity index (χ3v) is 4.74. The summed E-state index contributed by atoms with van der Waals surface area (Å²) in [6.07, 6.45) is 1.33. The van der Waals surface area contributed by atoms with Gasteiger partial charge in [-0.05, 0) is 42.3 Å². The number of hydrogen-bond acceptors (Lipinski definition) is 3. The highest BCUT2D eigenvalue weighted by atomic mass is 32.2. The maximum absolute atomic E-state index is 3.57. The Bertz CT molecular complexity index is 384. The second-order valence-electron chi connectivity index (χ2n) is 6.04. The van der Waals surface area contributed by atoms with Crippen molar-refractivity contribution in [3.63, 3.8) is 0 Å². The number of benzene rings is 1. The van der Waals surface area contributed by atoms with Crippen molar-refractivity contribution >= 4 is 11.8 Å². The van der Waals surface area contributed by atoms with Crippen LogP contribution in [0.1, 0.15) is 31.4 Å². The Balaban J connectivity index is 1.92. The summed E-state index contributed by atoms with van der Waals surface area (Å²) in [6, 6.07) is 8.90. The van der Waals surface area contributed by atoms with Gasteiger partial charge < -0.3 is 5.32 Å². The van der Waals surface area contributed by atoms with Crippen molar-refractivity contribution in [2.75, 3.05) is 31.1 Å². The normalized spacial score (nSPS) is 17.4. The number of thioether (sulfide) groups is 1. The van der Waals surface area contributed by atoms with Gasteiger partial charge in [0.2, 0.25) is 0 Å². The van der Waals surface area contributed by atoms with Gasteiger partial charge in [0.05, 0.1) is 0 Å². The fourth-order valence-corrected chi connectivity index (χ4v) is 3.50. The minimum Gasteiger partial charge on any atom is -0.312 e. The minimum atomic E-state index is 0.713. The van der Waals surface area contributed by atoms with Gasteiger partial charge in [-0.2, -0.15) is 11.8 Å². The Morgan fingerprint density at radius 3 is 2.75 bits per heavy atom. The Morgan fingerprint density at radius 2 is 1.95 bits per heavy atom. The van der Waals surface area contributed by atoms with Crippen molar-refractivity contribution in [3.8, 4) is 0 Å². The summed E-state index contributed by atoms with van der Waals surface area (Å²) in [5, 5.41) is 3.57. The first kappa shape index (κ1) is 15.9. The molecule has 0 aliphatic carbocycles. The van der Waals surface area contributed by atoms with Gasteiger partial charge in [0.1, 0.15) is 0 Å². The van der Waals surface area contributed by atoms with E-state index < -0.39 is 0 Å². The molecule has 0 saturated carbocycles. The molecule has 1 aliphatic heterocycles. The summed E-state index contributed by atoms with van der Waals surface area (Å²) < 4.78 is 0. The van der Waals surface area contributed by atoms with Crippen LogP contribution in [0.2, 0.25) is 0 Å². The van der Waals surface area contributed by atoms with Crippen LogP contribution in [0.25, 0.3) is 0 Å². The summed E-state index contributed by atoms with van der Waals surface area (Å²) in [5.41, 5.74) is 2.96. The standard InChI is InChI=1S/C17H28N2S/c1-15(2)12-18-13-16-6-3-4-7-17(16)14-19-8-5-10-20-11-9-19/h3-4,6-7,15,18H,5,8-14H2,1-2H3. The number of nitrogens with zero attached hydrogens (tertiary/aromatic N) is 1. The molecular formula is C17H28N2S. The molecular weight excluding hydrogens is 264 g/mol. The van der Waals surface area contributed by atoms with Crippen molar-refractivity contribution in [1.29, 1.82) is 0 Å². The molecule has 1 saturated heterocycles. The van der Waals surface area contributed by atoms with E-state index in [2.05, 4.69) is 60.1 Å². The zero-order chi connectivity index (χ0) is 14.2. The smallest absolute Gasteiger partial charge is 0.0237 e. The summed E-state index contributed by atoms with van der Waals surface area (Å²) in [4.78, 5) is 2.61. The summed E-state index contributed by atoms with van der Waals surface area (Å²) in [5.74, 6) is 3.33. The zero-order valence-electron chi connectivity index (χ0n) is 12.9. The zero-order valence-corrected chi connectivity index (χ0v) is 13.7. The van der Waals surface area contributed by atoms with E-state index >= 15 is 0 Å². The molecule has 0 aromatic heterocycles. The van der Waals surface area contributed by atoms with Crippen molar-refractivity contribution in [1.82, 2.24) is 10.2 Å². The molecule has 0 atom stereocenters. The molecule has 0 unspecified atom stereocenters. The number of hydrogen-bond donors (Lipinski definition) is 1. The van der Waals surface area contributed by atoms with Gasteiger partial charge in [-0.25, -0.2) is 0 Å². The van der Waals surface area contributed by atoms with Gasteiger partial charge in [-0.15, -0.1) is 0 Å². The second-order valence-corrected chi connectivity index (χ2v) is 7.26. The summed E-state index contributed by atoms with van der Waals surface area (Å²) >= 11 is 2.10. The van der Waals surface area contributed by atoms with Gasteiger partial charge in [0.15, 0.2) is 0 Å². The Kier molecular flexibility index (Phi) is 6.91. The van der Waals surface area contributed by atoms with Gasteiger partial charge in [0.25, 0.3) is 0 Å². The fraction of sp³-hybridized carbons (Fsp3) is 0.647. The van der Waals surface area contributed by atoms with E-state index in [9.17, 15) is 0 Å². The first-order valence-electron chi connectivity index (χ1n) is 7.83. The molecule has 1 aliphatic rings. The first-order chi connectivity index (χ1) is 9.75. The lowest BCUT2D eigenvalue weighted by Crippen LogP contribution is -2.27. The third kappa shape index (κ3) is 5.47. The average Bonchev–Trinajstić information content (AvgIpc) is 2.69. The first-order valence-corrected chi connectivity index (χ1v) is 8.99. The summed E-state index contributed by atoms with van der Waals surface area (Å²) in [6.45, 7) is 10.2. The molecule has 112 valence electrons. The molecule has 1 aromatic carbocycles. The lowest BCUT2D eigenvalue weighted by atomic mass is 10.1. The molecule has 1 heterocycles. The highest BCUT2D eigenvalue weighted by molar-refractivity contribution is 7.99. The third-order valence-electron chi connectivity index (χ3n) is 3.70. The van der Waals surface area contributed by atoms with Crippen molar-refractivity contribution < 1.29 is 0 Å². The lowest BCUT2D eigenvalue weighted by molar-refractivity contribution is 0.286. The predicted molar refractivity (Wildman–Crippen MR) is 90.2 cm³/mol. The van der Waals surface area contributed by atoms with E-state index in [0.29, 0.717) is 5.92 Å². The van der Waals surface area contributed by atoms with E-state index in [1.165, 1.54) is 42.1 Å². The summed E-state index contributed by atoms with van der Waals surface area (Å²) in [7, 11) is 0. The van der Waals surface area contributed by atoms with Crippen LogP contribution < -0.4 is 5.32 Å². The van der Waals surface area contributed by atoms with Gasteiger partial charge in [-0.3, -0.25) is 4.90 Å². The molecule has 0 bridgehead atoms. The number of nitrogens with one attached hydrogen (secondary N) is 1. The molecule has 2 nitrogen and oxygen atoms in total. The van der Waals surface area contributed by atoms with Crippen molar-refractivity contribution in [2.24, 2.45) is 5.92 Å². The second kappa shape index (κ2) is 8.71. The van der Waals surface area contributed by atoms with Gasteiger partial charge >= 0.3 is 0 Å². The lowest BCUT2D eigenvalue weighted by Gasteiger charge is -2.21. The molecule has 2 rings (SSSR count). The van der Waals surface area contributed by atoms with Crippen LogP contribution >= 0.6 is 11.8 Å². The van der Waals surface area contributed by atoms with Crippen molar-refractivity contribution in [3.05, 3.63) is 35.4 Å². The quantitative estimate of drug-likeness (QED) is 0.865. The van der Waals surface area contributed by atoms with E-state index in [1.54, 1.807) is 0 Å². The predicted octanol–water partition coefficient (Wildman–Crippen LogP) is 3.37. The van der Waals surface area contributed by atoms with Crippen LogP contribution in [0.4, 0.5) is 0 Å². The van der Waals surface area contributed by atoms with E-state index in [-0.39, 0.29) is 0 Å². The number of rotatable bonds is 6. The molecule has 3 heteroatoms. The Labute approximate surface area is 128 Å². The largest absolute Gasteiger partial charge is 0.312 e.